The SMILES string of the molecule is COc1ccc(CCC(=O)OCC(=O)Nc2nc(C)c(Cl)cc2Cl)cc1. The van der Waals surface area contributed by atoms with Crippen LogP contribution in [0.4, 0.5) is 5.82 Å². The molecule has 6 nitrogen and oxygen atoms in total. The average Bonchev–Trinajstić information content (AvgIpc) is 2.63. The number of aryl methyl sites for hydroxylation is 2. The van der Waals surface area contributed by atoms with E-state index in [1.54, 1.807) is 14.0 Å². The van der Waals surface area contributed by atoms with Gasteiger partial charge in [0.15, 0.2) is 12.4 Å². The molecule has 0 spiro atoms. The molecule has 0 aliphatic rings. The molecule has 1 aromatic carbocycles. The third kappa shape index (κ3) is 5.89. The second-order valence-electron chi connectivity index (χ2n) is 5.44. The molecule has 0 aliphatic heterocycles. The molecular weight excluding hydrogens is 379 g/mol. The number of hydrogen-bond acceptors (Lipinski definition) is 5. The van der Waals surface area contributed by atoms with Crippen molar-refractivity contribution in [1.29, 1.82) is 0 Å². The van der Waals surface area contributed by atoms with Crippen molar-refractivity contribution >= 4 is 40.9 Å². The monoisotopic (exact) mass is 396 g/mol. The predicted molar refractivity (Wildman–Crippen MR) is 99.9 cm³/mol. The molecule has 0 unspecified atom stereocenters. The molecule has 0 fully saturated rings. The Morgan fingerprint density at radius 3 is 2.50 bits per heavy atom. The van der Waals surface area contributed by atoms with Gasteiger partial charge in [-0.05, 0) is 37.1 Å². The number of halogens is 2. The minimum atomic E-state index is -0.529. The lowest BCUT2D eigenvalue weighted by Gasteiger charge is -2.09. The molecule has 1 N–H and O–H groups in total. The first kappa shape index (κ1) is 20.0. The van der Waals surface area contributed by atoms with Crippen molar-refractivity contribution in [1.82, 2.24) is 4.98 Å². The highest BCUT2D eigenvalue weighted by molar-refractivity contribution is 6.36. The zero-order valence-electron chi connectivity index (χ0n) is 14.3. The Balaban J connectivity index is 1.77. The zero-order valence-corrected chi connectivity index (χ0v) is 15.9. The van der Waals surface area contributed by atoms with Crippen LogP contribution < -0.4 is 10.1 Å². The Bertz CT molecular complexity index is 795. The summed E-state index contributed by atoms with van der Waals surface area (Å²) in [5.74, 6) is -0.0771. The molecule has 2 aromatic rings. The number of methoxy groups -OCH3 is 1. The van der Waals surface area contributed by atoms with Crippen molar-refractivity contribution in [3.8, 4) is 5.75 Å². The summed E-state index contributed by atoms with van der Waals surface area (Å²) < 4.78 is 10.0. The third-order valence-corrected chi connectivity index (χ3v) is 4.17. The number of amides is 1. The minimum absolute atomic E-state index is 0.165. The summed E-state index contributed by atoms with van der Waals surface area (Å²) in [5.41, 5.74) is 1.50. The summed E-state index contributed by atoms with van der Waals surface area (Å²) in [7, 11) is 1.59. The summed E-state index contributed by atoms with van der Waals surface area (Å²) in [6.45, 7) is 1.27. The van der Waals surface area contributed by atoms with Crippen molar-refractivity contribution < 1.29 is 19.1 Å². The summed E-state index contributed by atoms with van der Waals surface area (Å²) >= 11 is 11.9. The lowest BCUT2D eigenvalue weighted by molar-refractivity contribution is -0.147. The van der Waals surface area contributed by atoms with Gasteiger partial charge >= 0.3 is 5.97 Å². The van der Waals surface area contributed by atoms with Gasteiger partial charge in [0, 0.05) is 6.42 Å². The van der Waals surface area contributed by atoms with Crippen LogP contribution in [0.1, 0.15) is 17.7 Å². The number of aromatic nitrogens is 1. The summed E-state index contributed by atoms with van der Waals surface area (Å²) in [4.78, 5) is 27.7. The van der Waals surface area contributed by atoms with E-state index in [0.29, 0.717) is 17.1 Å². The van der Waals surface area contributed by atoms with E-state index in [4.69, 9.17) is 32.7 Å². The Morgan fingerprint density at radius 1 is 1.15 bits per heavy atom. The van der Waals surface area contributed by atoms with E-state index in [2.05, 4.69) is 10.3 Å². The molecule has 26 heavy (non-hydrogen) atoms. The molecule has 0 radical (unpaired) electrons. The molecule has 0 saturated carbocycles. The molecular formula is C18H18Cl2N2O4. The molecule has 1 aromatic heterocycles. The van der Waals surface area contributed by atoms with Crippen LogP contribution in [0.5, 0.6) is 5.75 Å². The number of pyridine rings is 1. The number of nitrogens with one attached hydrogen (secondary N) is 1. The quantitative estimate of drug-likeness (QED) is 0.719. The fourth-order valence-electron chi connectivity index (χ4n) is 2.07. The highest BCUT2D eigenvalue weighted by Crippen LogP contribution is 2.25. The van der Waals surface area contributed by atoms with E-state index in [1.165, 1.54) is 6.07 Å². The minimum Gasteiger partial charge on any atom is -0.497 e. The molecule has 138 valence electrons. The first-order chi connectivity index (χ1) is 12.4. The number of benzene rings is 1. The average molecular weight is 397 g/mol. The van der Waals surface area contributed by atoms with Gasteiger partial charge < -0.3 is 14.8 Å². The van der Waals surface area contributed by atoms with Crippen LogP contribution in [0, 0.1) is 6.92 Å². The number of esters is 1. The molecule has 0 saturated heterocycles. The van der Waals surface area contributed by atoms with E-state index in [-0.39, 0.29) is 17.3 Å². The van der Waals surface area contributed by atoms with E-state index >= 15 is 0 Å². The number of carbonyl (C=O) groups is 2. The molecule has 8 heteroatoms. The Hall–Kier alpha value is -2.31. The highest BCUT2D eigenvalue weighted by atomic mass is 35.5. The number of carbonyl (C=O) groups excluding carboxylic acids is 2. The maximum absolute atomic E-state index is 11.9. The number of ether oxygens (including phenoxy) is 2. The molecule has 2 rings (SSSR count). The fourth-order valence-corrected chi connectivity index (χ4v) is 2.48. The number of nitrogens with zero attached hydrogens (tertiary/aromatic N) is 1. The first-order valence-corrected chi connectivity index (χ1v) is 8.55. The lowest BCUT2D eigenvalue weighted by atomic mass is 10.1. The van der Waals surface area contributed by atoms with Gasteiger partial charge in [0.05, 0.1) is 22.8 Å². The topological polar surface area (TPSA) is 77.5 Å². The van der Waals surface area contributed by atoms with Gasteiger partial charge in [0.1, 0.15) is 5.75 Å². The van der Waals surface area contributed by atoms with Crippen molar-refractivity contribution in [3.63, 3.8) is 0 Å². The van der Waals surface area contributed by atoms with E-state index in [9.17, 15) is 9.59 Å². The zero-order chi connectivity index (χ0) is 19.1. The smallest absolute Gasteiger partial charge is 0.306 e. The second kappa shape index (κ2) is 9.40. The van der Waals surface area contributed by atoms with Crippen LogP contribution in [-0.4, -0.2) is 30.6 Å². The van der Waals surface area contributed by atoms with E-state index in [0.717, 1.165) is 11.3 Å². The maximum atomic E-state index is 11.9. The molecule has 1 amide bonds. The second-order valence-corrected chi connectivity index (χ2v) is 6.26. The molecule has 0 bridgehead atoms. The fraction of sp³-hybridized carbons (Fsp3) is 0.278. The van der Waals surface area contributed by atoms with Crippen molar-refractivity contribution in [3.05, 3.63) is 51.6 Å². The normalized spacial score (nSPS) is 10.3. The van der Waals surface area contributed by atoms with Gasteiger partial charge in [-0.1, -0.05) is 35.3 Å². The van der Waals surface area contributed by atoms with Gasteiger partial charge in [-0.3, -0.25) is 9.59 Å². The number of hydrogen-bond donors (Lipinski definition) is 1. The predicted octanol–water partition coefficient (Wildman–Crippen LogP) is 3.82. The van der Waals surface area contributed by atoms with Gasteiger partial charge in [0.2, 0.25) is 0 Å². The highest BCUT2D eigenvalue weighted by Gasteiger charge is 2.12. The maximum Gasteiger partial charge on any atom is 0.306 e. The standard InChI is InChI=1S/C18H18Cl2N2O4/c1-11-14(19)9-15(20)18(21-11)22-16(23)10-26-17(24)8-5-12-3-6-13(25-2)7-4-12/h3-4,6-7,9H,5,8,10H2,1-2H3,(H,21,22,23). The third-order valence-electron chi connectivity index (χ3n) is 3.50. The Morgan fingerprint density at radius 2 is 1.85 bits per heavy atom. The van der Waals surface area contributed by atoms with Gasteiger partial charge in [-0.25, -0.2) is 4.98 Å². The summed E-state index contributed by atoms with van der Waals surface area (Å²) in [6, 6.07) is 8.87. The summed E-state index contributed by atoms with van der Waals surface area (Å²) in [6.07, 6.45) is 0.673. The lowest BCUT2D eigenvalue weighted by Crippen LogP contribution is -2.22. The van der Waals surface area contributed by atoms with E-state index in [1.807, 2.05) is 24.3 Å². The largest absolute Gasteiger partial charge is 0.497 e. The van der Waals surface area contributed by atoms with Gasteiger partial charge in [-0.15, -0.1) is 0 Å². The van der Waals surface area contributed by atoms with Gasteiger partial charge in [-0.2, -0.15) is 0 Å². The molecule has 1 heterocycles. The Kier molecular flexibility index (Phi) is 7.24. The summed E-state index contributed by atoms with van der Waals surface area (Å²) in [5, 5.41) is 3.10. The van der Waals surface area contributed by atoms with Crippen LogP contribution in [-0.2, 0) is 20.7 Å². The van der Waals surface area contributed by atoms with Crippen LogP contribution in [0.25, 0.3) is 0 Å². The Labute approximate surface area is 161 Å². The van der Waals surface area contributed by atoms with Crippen molar-refractivity contribution in [2.45, 2.75) is 19.8 Å². The number of rotatable bonds is 7. The molecule has 0 aliphatic carbocycles. The first-order valence-electron chi connectivity index (χ1n) is 7.80. The van der Waals surface area contributed by atoms with Crippen LogP contribution in [0.2, 0.25) is 10.0 Å². The van der Waals surface area contributed by atoms with Crippen LogP contribution in [0.15, 0.2) is 30.3 Å². The number of anilines is 1. The molecule has 0 atom stereocenters. The van der Waals surface area contributed by atoms with E-state index < -0.39 is 18.5 Å². The van der Waals surface area contributed by atoms with Crippen LogP contribution in [0.3, 0.4) is 0 Å². The van der Waals surface area contributed by atoms with Crippen molar-refractivity contribution in [2.24, 2.45) is 0 Å². The van der Waals surface area contributed by atoms with Crippen LogP contribution >= 0.6 is 23.2 Å². The van der Waals surface area contributed by atoms with Crippen molar-refractivity contribution in [2.75, 3.05) is 19.0 Å². The van der Waals surface area contributed by atoms with Gasteiger partial charge in [0.25, 0.3) is 5.91 Å².